The summed E-state index contributed by atoms with van der Waals surface area (Å²) in [6, 6.07) is 7.91. The van der Waals surface area contributed by atoms with Gasteiger partial charge in [-0.25, -0.2) is 4.98 Å². The number of hydrogen-bond donors (Lipinski definition) is 4. The Kier molecular flexibility index (Phi) is 5.20. The van der Waals surface area contributed by atoms with Crippen molar-refractivity contribution in [1.82, 2.24) is 19.5 Å². The summed E-state index contributed by atoms with van der Waals surface area (Å²) in [5.41, 5.74) is 8.69. The molecular formula is C18H21N7O4. The molecule has 0 amide bonds. The van der Waals surface area contributed by atoms with Gasteiger partial charge in [-0.05, 0) is 12.5 Å². The molecule has 0 aliphatic carbocycles. The van der Waals surface area contributed by atoms with Gasteiger partial charge in [-0.1, -0.05) is 29.8 Å². The molecule has 5 N–H and O–H groups in total. The first kappa shape index (κ1) is 19.3. The van der Waals surface area contributed by atoms with Crippen molar-refractivity contribution in [3.8, 4) is 0 Å². The number of aliphatic hydroxyl groups is 3. The number of aromatic nitrogens is 4. The lowest BCUT2D eigenvalue weighted by Gasteiger charge is -2.16. The number of azo groups is 1. The number of benzene rings is 1. The number of nitrogen functional groups attached to an aromatic ring is 1. The fraction of sp³-hybridized carbons (Fsp3) is 0.389. The summed E-state index contributed by atoms with van der Waals surface area (Å²) in [6.07, 6.45) is -3.04. The average molecular weight is 399 g/mol. The van der Waals surface area contributed by atoms with E-state index in [9.17, 15) is 15.3 Å². The Morgan fingerprint density at radius 1 is 1.17 bits per heavy atom. The molecule has 29 heavy (non-hydrogen) atoms. The zero-order valence-electron chi connectivity index (χ0n) is 15.6. The standard InChI is InChI=1S/C18H21N7O4/c1-9-2-4-10(5-3-9)6-21-24-18-22-15(19)12-16(23-18)25(8-20-12)17-14(28)13(27)11(7-26)29-17/h2-5,8,11,13-14,17,26-28H,6-7H2,1H3,(H2,19,22,23)/t11-,13-,14-,17?/m1/s1. The second-order valence-electron chi connectivity index (χ2n) is 6.85. The Morgan fingerprint density at radius 3 is 2.62 bits per heavy atom. The van der Waals surface area contributed by atoms with Gasteiger partial charge in [0.05, 0.1) is 19.5 Å². The van der Waals surface area contributed by atoms with Gasteiger partial charge in [0.15, 0.2) is 17.7 Å². The highest BCUT2D eigenvalue weighted by molar-refractivity contribution is 5.82. The molecule has 1 fully saturated rings. The maximum Gasteiger partial charge on any atom is 0.272 e. The Balaban J connectivity index is 1.61. The molecule has 2 aromatic heterocycles. The molecule has 0 radical (unpaired) electrons. The Bertz CT molecular complexity index is 1040. The van der Waals surface area contributed by atoms with Crippen molar-refractivity contribution >= 4 is 22.9 Å². The third-order valence-electron chi connectivity index (χ3n) is 4.76. The van der Waals surface area contributed by atoms with E-state index in [0.29, 0.717) is 12.1 Å². The molecule has 1 aliphatic heterocycles. The fourth-order valence-corrected chi connectivity index (χ4v) is 3.14. The minimum absolute atomic E-state index is 0.0376. The molecule has 4 atom stereocenters. The fourth-order valence-electron chi connectivity index (χ4n) is 3.14. The van der Waals surface area contributed by atoms with Crippen molar-refractivity contribution in [2.45, 2.75) is 38.0 Å². The summed E-state index contributed by atoms with van der Waals surface area (Å²) in [5.74, 6) is 0.139. The van der Waals surface area contributed by atoms with Gasteiger partial charge >= 0.3 is 0 Å². The van der Waals surface area contributed by atoms with Gasteiger partial charge in [0.25, 0.3) is 5.95 Å². The van der Waals surface area contributed by atoms with Crippen molar-refractivity contribution in [2.75, 3.05) is 12.3 Å². The van der Waals surface area contributed by atoms with Crippen LogP contribution in [0.4, 0.5) is 11.8 Å². The summed E-state index contributed by atoms with van der Waals surface area (Å²) < 4.78 is 6.96. The summed E-state index contributed by atoms with van der Waals surface area (Å²) in [7, 11) is 0. The van der Waals surface area contributed by atoms with Crippen LogP contribution in [0.3, 0.4) is 0 Å². The normalized spacial score (nSPS) is 24.7. The predicted octanol–water partition coefficient (Wildman–Crippen LogP) is 0.612. The third-order valence-corrected chi connectivity index (χ3v) is 4.76. The van der Waals surface area contributed by atoms with E-state index in [-0.39, 0.29) is 17.4 Å². The average Bonchev–Trinajstić information content (AvgIpc) is 3.25. The molecule has 3 heterocycles. The van der Waals surface area contributed by atoms with Crippen molar-refractivity contribution in [3.05, 3.63) is 41.7 Å². The summed E-state index contributed by atoms with van der Waals surface area (Å²) in [5, 5.41) is 37.7. The minimum Gasteiger partial charge on any atom is -0.394 e. The van der Waals surface area contributed by atoms with Crippen LogP contribution in [0.5, 0.6) is 0 Å². The van der Waals surface area contributed by atoms with Crippen LogP contribution in [0, 0.1) is 6.92 Å². The molecule has 1 unspecified atom stereocenters. The van der Waals surface area contributed by atoms with E-state index in [2.05, 4.69) is 25.2 Å². The number of imidazole rings is 1. The second-order valence-corrected chi connectivity index (χ2v) is 6.85. The van der Waals surface area contributed by atoms with Crippen molar-refractivity contribution in [2.24, 2.45) is 10.2 Å². The quantitative estimate of drug-likeness (QED) is 0.453. The van der Waals surface area contributed by atoms with E-state index in [4.69, 9.17) is 10.5 Å². The topological polar surface area (TPSA) is 164 Å². The second kappa shape index (κ2) is 7.79. The van der Waals surface area contributed by atoms with Gasteiger partial charge in [-0.3, -0.25) is 4.57 Å². The minimum atomic E-state index is -1.27. The first-order valence-corrected chi connectivity index (χ1v) is 9.03. The molecule has 4 rings (SSSR count). The number of fused-ring (bicyclic) bond motifs is 1. The predicted molar refractivity (Wildman–Crippen MR) is 102 cm³/mol. The van der Waals surface area contributed by atoms with Crippen LogP contribution in [0.2, 0.25) is 0 Å². The molecule has 3 aromatic rings. The molecule has 1 saturated heterocycles. The van der Waals surface area contributed by atoms with E-state index in [0.717, 1.165) is 11.1 Å². The number of anilines is 1. The Morgan fingerprint density at radius 2 is 1.93 bits per heavy atom. The van der Waals surface area contributed by atoms with Crippen LogP contribution in [0.15, 0.2) is 40.8 Å². The first-order valence-electron chi connectivity index (χ1n) is 9.03. The smallest absolute Gasteiger partial charge is 0.272 e. The van der Waals surface area contributed by atoms with Crippen molar-refractivity contribution in [1.29, 1.82) is 0 Å². The van der Waals surface area contributed by atoms with E-state index < -0.39 is 31.1 Å². The maximum absolute atomic E-state index is 10.3. The van der Waals surface area contributed by atoms with Gasteiger partial charge in [-0.2, -0.15) is 15.1 Å². The van der Waals surface area contributed by atoms with Gasteiger partial charge in [0, 0.05) is 0 Å². The van der Waals surface area contributed by atoms with E-state index >= 15 is 0 Å². The molecular weight excluding hydrogens is 378 g/mol. The lowest BCUT2D eigenvalue weighted by atomic mass is 10.1. The van der Waals surface area contributed by atoms with E-state index in [1.54, 1.807) is 0 Å². The SMILES string of the molecule is Cc1ccc(CN=Nc2nc(N)c3ncn(C4O[C@H](CO)[C@@H](O)[C@H]4O)c3n2)cc1. The van der Waals surface area contributed by atoms with Crippen LogP contribution >= 0.6 is 0 Å². The number of nitrogens with zero attached hydrogens (tertiary/aromatic N) is 6. The Labute approximate surface area is 165 Å². The van der Waals surface area contributed by atoms with Crippen molar-refractivity contribution in [3.63, 3.8) is 0 Å². The summed E-state index contributed by atoms with van der Waals surface area (Å²) >= 11 is 0. The largest absolute Gasteiger partial charge is 0.394 e. The molecule has 0 spiro atoms. The van der Waals surface area contributed by atoms with Crippen LogP contribution in [0.1, 0.15) is 17.4 Å². The zero-order valence-corrected chi connectivity index (χ0v) is 15.6. The molecule has 1 aliphatic rings. The van der Waals surface area contributed by atoms with E-state index in [1.807, 2.05) is 31.2 Å². The molecule has 11 heteroatoms. The molecule has 0 saturated carbocycles. The molecule has 152 valence electrons. The summed E-state index contributed by atoms with van der Waals surface area (Å²) in [6.45, 7) is 1.93. The molecule has 1 aromatic carbocycles. The van der Waals surface area contributed by atoms with Crippen LogP contribution in [-0.2, 0) is 11.3 Å². The Hall–Kier alpha value is -2.99. The number of aliphatic hydroxyl groups excluding tert-OH is 3. The first-order chi connectivity index (χ1) is 14.0. The van der Waals surface area contributed by atoms with Gasteiger partial charge in [-0.15, -0.1) is 5.11 Å². The summed E-state index contributed by atoms with van der Waals surface area (Å²) in [4.78, 5) is 12.6. The molecule has 11 nitrogen and oxygen atoms in total. The zero-order chi connectivity index (χ0) is 20.5. The lowest BCUT2D eigenvalue weighted by Crippen LogP contribution is -2.33. The molecule has 0 bridgehead atoms. The lowest BCUT2D eigenvalue weighted by molar-refractivity contribution is -0.0511. The maximum atomic E-state index is 10.3. The highest BCUT2D eigenvalue weighted by atomic mass is 16.6. The van der Waals surface area contributed by atoms with Crippen LogP contribution in [-0.4, -0.2) is 59.8 Å². The van der Waals surface area contributed by atoms with E-state index in [1.165, 1.54) is 10.9 Å². The number of ether oxygens (including phenoxy) is 1. The van der Waals surface area contributed by atoms with Crippen molar-refractivity contribution < 1.29 is 20.1 Å². The highest BCUT2D eigenvalue weighted by Crippen LogP contribution is 2.32. The van der Waals surface area contributed by atoms with Gasteiger partial charge in [0.1, 0.15) is 23.8 Å². The number of hydrogen-bond acceptors (Lipinski definition) is 10. The highest BCUT2D eigenvalue weighted by Gasteiger charge is 2.44. The van der Waals surface area contributed by atoms with Gasteiger partial charge < -0.3 is 25.8 Å². The monoisotopic (exact) mass is 399 g/mol. The van der Waals surface area contributed by atoms with Crippen LogP contribution in [0.25, 0.3) is 11.2 Å². The van der Waals surface area contributed by atoms with Crippen LogP contribution < -0.4 is 5.73 Å². The number of nitrogens with two attached hydrogens (primary N) is 1. The third kappa shape index (κ3) is 3.68. The number of rotatable bonds is 5. The number of aryl methyl sites for hydroxylation is 1. The van der Waals surface area contributed by atoms with Gasteiger partial charge in [0.2, 0.25) is 0 Å².